The Labute approximate surface area is 113 Å². The van der Waals surface area contributed by atoms with Crippen LogP contribution in [0.4, 0.5) is 0 Å². The first kappa shape index (κ1) is 13.8. The zero-order chi connectivity index (χ0) is 13.3. The minimum atomic E-state index is -1.43. The molecule has 0 atom stereocenters. The van der Waals surface area contributed by atoms with E-state index in [-0.39, 0.29) is 0 Å². The van der Waals surface area contributed by atoms with Crippen LogP contribution in [0.2, 0.25) is 17.6 Å². The highest BCUT2D eigenvalue weighted by molar-refractivity contribution is 6.93. The summed E-state index contributed by atoms with van der Waals surface area (Å²) in [6.45, 7) is 14.0. The number of ether oxygens (including phenoxy) is 1. The van der Waals surface area contributed by atoms with E-state index < -0.39 is 8.07 Å². The Morgan fingerprint density at radius 1 is 1.06 bits per heavy atom. The second kappa shape index (κ2) is 5.18. The van der Waals surface area contributed by atoms with Crippen LogP contribution in [0.5, 0.6) is 0 Å². The molecule has 0 radical (unpaired) electrons. The van der Waals surface area contributed by atoms with E-state index in [9.17, 15) is 0 Å². The van der Waals surface area contributed by atoms with E-state index in [1.807, 2.05) is 0 Å². The Morgan fingerprint density at radius 2 is 1.61 bits per heavy atom. The Bertz CT molecular complexity index is 399. The molecule has 2 rings (SSSR count). The van der Waals surface area contributed by atoms with Crippen molar-refractivity contribution in [3.05, 3.63) is 29.8 Å². The van der Waals surface area contributed by atoms with Gasteiger partial charge in [-0.05, 0) is 16.6 Å². The minimum absolute atomic E-state index is 0.644. The molecule has 1 heterocycles. The summed E-state index contributed by atoms with van der Waals surface area (Å²) in [5.74, 6) is 0.644. The molecule has 0 unspecified atom stereocenters. The van der Waals surface area contributed by atoms with E-state index in [0.717, 1.165) is 24.3 Å². The lowest BCUT2D eigenvalue weighted by atomic mass is 9.98. The van der Waals surface area contributed by atoms with Crippen molar-refractivity contribution in [3.63, 3.8) is 0 Å². The summed E-state index contributed by atoms with van der Waals surface area (Å²) >= 11 is 0. The summed E-state index contributed by atoms with van der Waals surface area (Å²) in [6.07, 6.45) is 0. The SMILES string of the molecule is CC(C)[Si](C)(c1ccccc1C1COC1)C(C)C. The molecule has 0 amide bonds. The fourth-order valence-corrected chi connectivity index (χ4v) is 6.99. The fraction of sp³-hybridized carbons (Fsp3) is 0.625. The van der Waals surface area contributed by atoms with Crippen molar-refractivity contribution in [2.24, 2.45) is 0 Å². The predicted octanol–water partition coefficient (Wildman–Crippen LogP) is 3.91. The van der Waals surface area contributed by atoms with Gasteiger partial charge in [0.15, 0.2) is 0 Å². The standard InChI is InChI=1S/C16H26OSi/c1-12(2)18(5,13(3)4)16-9-7-6-8-15(16)14-10-17-11-14/h6-9,12-14H,10-11H2,1-5H3. The highest BCUT2D eigenvalue weighted by Crippen LogP contribution is 2.35. The molecular weight excluding hydrogens is 236 g/mol. The Morgan fingerprint density at radius 3 is 2.06 bits per heavy atom. The van der Waals surface area contributed by atoms with Gasteiger partial charge in [-0.25, -0.2) is 0 Å². The van der Waals surface area contributed by atoms with Gasteiger partial charge in [-0.3, -0.25) is 0 Å². The van der Waals surface area contributed by atoms with E-state index in [1.54, 1.807) is 10.8 Å². The molecule has 0 aliphatic carbocycles. The van der Waals surface area contributed by atoms with Crippen molar-refractivity contribution < 1.29 is 4.74 Å². The van der Waals surface area contributed by atoms with Crippen molar-refractivity contribution >= 4 is 13.3 Å². The molecule has 1 aromatic carbocycles. The van der Waals surface area contributed by atoms with Gasteiger partial charge in [-0.15, -0.1) is 0 Å². The lowest BCUT2D eigenvalue weighted by Gasteiger charge is -2.40. The first-order valence-corrected chi connectivity index (χ1v) is 9.80. The number of hydrogen-bond donors (Lipinski definition) is 0. The monoisotopic (exact) mass is 262 g/mol. The molecule has 1 nitrogen and oxygen atoms in total. The molecular formula is C16H26OSi. The zero-order valence-electron chi connectivity index (χ0n) is 12.4. The molecule has 18 heavy (non-hydrogen) atoms. The van der Waals surface area contributed by atoms with Crippen LogP contribution in [0.25, 0.3) is 0 Å². The summed E-state index contributed by atoms with van der Waals surface area (Å²) in [5, 5.41) is 1.67. The highest BCUT2D eigenvalue weighted by atomic mass is 28.3. The van der Waals surface area contributed by atoms with E-state index >= 15 is 0 Å². The number of hydrogen-bond acceptors (Lipinski definition) is 1. The van der Waals surface area contributed by atoms with Gasteiger partial charge in [0.1, 0.15) is 0 Å². The minimum Gasteiger partial charge on any atom is -0.380 e. The van der Waals surface area contributed by atoms with Gasteiger partial charge in [0.05, 0.1) is 21.3 Å². The van der Waals surface area contributed by atoms with Crippen LogP contribution in [0, 0.1) is 0 Å². The average molecular weight is 262 g/mol. The quantitative estimate of drug-likeness (QED) is 0.748. The lowest BCUT2D eigenvalue weighted by molar-refractivity contribution is 0.00878. The van der Waals surface area contributed by atoms with Gasteiger partial charge in [0.25, 0.3) is 0 Å². The summed E-state index contributed by atoms with van der Waals surface area (Å²) in [6, 6.07) is 9.12. The third kappa shape index (κ3) is 2.16. The topological polar surface area (TPSA) is 9.23 Å². The molecule has 0 bridgehead atoms. The Balaban J connectivity index is 2.47. The molecule has 0 aromatic heterocycles. The molecule has 1 aromatic rings. The molecule has 0 saturated carbocycles. The summed E-state index contributed by atoms with van der Waals surface area (Å²) in [4.78, 5) is 0. The van der Waals surface area contributed by atoms with Gasteiger partial charge in [-0.2, -0.15) is 0 Å². The van der Waals surface area contributed by atoms with Crippen molar-refractivity contribution in [2.75, 3.05) is 13.2 Å². The van der Waals surface area contributed by atoms with E-state index in [1.165, 1.54) is 0 Å². The third-order valence-electron chi connectivity index (χ3n) is 5.02. The fourth-order valence-electron chi connectivity index (χ4n) is 3.05. The van der Waals surface area contributed by atoms with E-state index in [2.05, 4.69) is 58.5 Å². The van der Waals surface area contributed by atoms with Crippen LogP contribution in [0.15, 0.2) is 24.3 Å². The van der Waals surface area contributed by atoms with Gasteiger partial charge < -0.3 is 4.74 Å². The lowest BCUT2D eigenvalue weighted by Crippen LogP contribution is -2.53. The second-order valence-electron chi connectivity index (χ2n) is 6.41. The van der Waals surface area contributed by atoms with Crippen LogP contribution in [-0.2, 0) is 4.74 Å². The van der Waals surface area contributed by atoms with Crippen LogP contribution in [-0.4, -0.2) is 21.3 Å². The van der Waals surface area contributed by atoms with Crippen LogP contribution >= 0.6 is 0 Å². The maximum Gasteiger partial charge on any atom is 0.0890 e. The van der Waals surface area contributed by atoms with E-state index in [0.29, 0.717) is 5.92 Å². The third-order valence-corrected chi connectivity index (χ3v) is 11.4. The molecule has 0 spiro atoms. The van der Waals surface area contributed by atoms with Crippen molar-refractivity contribution in [2.45, 2.75) is 51.2 Å². The maximum absolute atomic E-state index is 5.39. The molecule has 100 valence electrons. The predicted molar refractivity (Wildman–Crippen MR) is 81.5 cm³/mol. The largest absolute Gasteiger partial charge is 0.380 e. The number of rotatable bonds is 4. The van der Waals surface area contributed by atoms with Crippen LogP contribution < -0.4 is 5.19 Å². The van der Waals surface area contributed by atoms with Crippen molar-refractivity contribution in [1.82, 2.24) is 0 Å². The Hall–Kier alpha value is -0.603. The molecule has 2 heteroatoms. The summed E-state index contributed by atoms with van der Waals surface area (Å²) < 4.78 is 5.39. The van der Waals surface area contributed by atoms with Crippen LogP contribution in [0.1, 0.15) is 39.2 Å². The van der Waals surface area contributed by atoms with Gasteiger partial charge in [0, 0.05) is 5.92 Å². The van der Waals surface area contributed by atoms with Gasteiger partial charge >= 0.3 is 0 Å². The maximum atomic E-state index is 5.39. The highest BCUT2D eigenvalue weighted by Gasteiger charge is 2.39. The molecule has 0 N–H and O–H groups in total. The molecule has 1 aliphatic rings. The van der Waals surface area contributed by atoms with Gasteiger partial charge in [-0.1, -0.05) is 63.7 Å². The average Bonchev–Trinajstić information content (AvgIpc) is 2.26. The molecule has 1 saturated heterocycles. The van der Waals surface area contributed by atoms with Crippen LogP contribution in [0.3, 0.4) is 0 Å². The van der Waals surface area contributed by atoms with Gasteiger partial charge in [0.2, 0.25) is 0 Å². The van der Waals surface area contributed by atoms with E-state index in [4.69, 9.17) is 4.74 Å². The zero-order valence-corrected chi connectivity index (χ0v) is 13.4. The van der Waals surface area contributed by atoms with Crippen molar-refractivity contribution in [1.29, 1.82) is 0 Å². The second-order valence-corrected chi connectivity index (χ2v) is 11.8. The normalized spacial score (nSPS) is 17.3. The summed E-state index contributed by atoms with van der Waals surface area (Å²) in [7, 11) is -1.43. The first-order valence-electron chi connectivity index (χ1n) is 7.15. The molecule has 1 aliphatic heterocycles. The summed E-state index contributed by atoms with van der Waals surface area (Å²) in [5.41, 5.74) is 3.12. The first-order chi connectivity index (χ1) is 8.48. The number of benzene rings is 1. The van der Waals surface area contributed by atoms with Crippen molar-refractivity contribution in [3.8, 4) is 0 Å². The Kier molecular flexibility index (Phi) is 3.98. The molecule has 1 fully saturated rings. The smallest absolute Gasteiger partial charge is 0.0890 e.